The van der Waals surface area contributed by atoms with Gasteiger partial charge in [0.15, 0.2) is 0 Å². The van der Waals surface area contributed by atoms with Crippen molar-refractivity contribution in [1.29, 1.82) is 0 Å². The van der Waals surface area contributed by atoms with Gasteiger partial charge in [-0.05, 0) is 55.2 Å². The standard InChI is InChI=1S/C20H29F3O/c1-2-3-4-5-6-7-16-8-10-17(11-9-16)18-12-14-19(15-13-18)24-20(21,22)23/h12-17H,2-11H2,1H3/t16-,17-. The Bertz CT molecular complexity index is 459. The first-order valence-electron chi connectivity index (χ1n) is 9.33. The van der Waals surface area contributed by atoms with Crippen LogP contribution in [-0.2, 0) is 0 Å². The van der Waals surface area contributed by atoms with Crippen molar-refractivity contribution in [3.8, 4) is 5.75 Å². The van der Waals surface area contributed by atoms with Crippen LogP contribution in [0.25, 0.3) is 0 Å². The minimum Gasteiger partial charge on any atom is -0.406 e. The van der Waals surface area contributed by atoms with E-state index in [2.05, 4.69) is 11.7 Å². The highest BCUT2D eigenvalue weighted by atomic mass is 19.4. The Hall–Kier alpha value is -1.19. The van der Waals surface area contributed by atoms with Crippen LogP contribution in [0.4, 0.5) is 13.2 Å². The molecule has 0 saturated heterocycles. The molecule has 0 amide bonds. The van der Waals surface area contributed by atoms with Crippen LogP contribution in [0.1, 0.15) is 82.6 Å². The summed E-state index contributed by atoms with van der Waals surface area (Å²) in [6.07, 6.45) is 8.23. The Morgan fingerprint density at radius 2 is 1.54 bits per heavy atom. The molecular weight excluding hydrogens is 313 g/mol. The molecule has 4 heteroatoms. The molecule has 0 atom stereocenters. The highest BCUT2D eigenvalue weighted by Crippen LogP contribution is 2.38. The molecule has 1 aliphatic carbocycles. The van der Waals surface area contributed by atoms with Gasteiger partial charge in [0, 0.05) is 0 Å². The highest BCUT2D eigenvalue weighted by Gasteiger charge is 2.31. The van der Waals surface area contributed by atoms with Gasteiger partial charge in [0.05, 0.1) is 0 Å². The molecule has 1 saturated carbocycles. The van der Waals surface area contributed by atoms with E-state index in [1.54, 1.807) is 12.1 Å². The van der Waals surface area contributed by atoms with Gasteiger partial charge in [-0.1, -0.05) is 57.6 Å². The van der Waals surface area contributed by atoms with Gasteiger partial charge >= 0.3 is 6.36 Å². The van der Waals surface area contributed by atoms with Crippen LogP contribution in [-0.4, -0.2) is 6.36 Å². The van der Waals surface area contributed by atoms with Gasteiger partial charge in [0.25, 0.3) is 0 Å². The first-order valence-corrected chi connectivity index (χ1v) is 9.33. The maximum absolute atomic E-state index is 12.2. The summed E-state index contributed by atoms with van der Waals surface area (Å²) in [5, 5.41) is 0. The van der Waals surface area contributed by atoms with Crippen LogP contribution in [0.2, 0.25) is 0 Å². The maximum Gasteiger partial charge on any atom is 0.573 e. The van der Waals surface area contributed by atoms with Crippen LogP contribution >= 0.6 is 0 Å². The zero-order chi connectivity index (χ0) is 17.4. The summed E-state index contributed by atoms with van der Waals surface area (Å²) in [4.78, 5) is 0. The van der Waals surface area contributed by atoms with Gasteiger partial charge in [-0.15, -0.1) is 13.2 Å². The molecule has 0 unspecified atom stereocenters. The number of unbranched alkanes of at least 4 members (excludes halogenated alkanes) is 4. The zero-order valence-corrected chi connectivity index (χ0v) is 14.6. The summed E-state index contributed by atoms with van der Waals surface area (Å²) >= 11 is 0. The Labute approximate surface area is 143 Å². The smallest absolute Gasteiger partial charge is 0.406 e. The van der Waals surface area contributed by atoms with Crippen LogP contribution in [0, 0.1) is 5.92 Å². The topological polar surface area (TPSA) is 9.23 Å². The van der Waals surface area contributed by atoms with Gasteiger partial charge < -0.3 is 4.74 Å². The van der Waals surface area contributed by atoms with Crippen molar-refractivity contribution in [3.05, 3.63) is 29.8 Å². The number of rotatable bonds is 8. The van der Waals surface area contributed by atoms with Crippen molar-refractivity contribution in [3.63, 3.8) is 0 Å². The molecule has 0 aliphatic heterocycles. The second kappa shape index (κ2) is 9.33. The van der Waals surface area contributed by atoms with Gasteiger partial charge in [-0.2, -0.15) is 0 Å². The molecule has 0 bridgehead atoms. The molecule has 0 spiro atoms. The molecule has 2 rings (SSSR count). The van der Waals surface area contributed by atoms with Crippen molar-refractivity contribution in [1.82, 2.24) is 0 Å². The SMILES string of the molecule is CCCCCCC[C@H]1CC[C@H](c2ccc(OC(F)(F)F)cc2)CC1. The van der Waals surface area contributed by atoms with E-state index < -0.39 is 6.36 Å². The van der Waals surface area contributed by atoms with Crippen LogP contribution in [0.3, 0.4) is 0 Å². The largest absolute Gasteiger partial charge is 0.573 e. The molecule has 0 radical (unpaired) electrons. The lowest BCUT2D eigenvalue weighted by Gasteiger charge is -2.29. The fourth-order valence-electron chi connectivity index (χ4n) is 3.76. The maximum atomic E-state index is 12.2. The molecule has 1 aliphatic rings. The number of hydrogen-bond acceptors (Lipinski definition) is 1. The van der Waals surface area contributed by atoms with E-state index in [1.165, 1.54) is 63.5 Å². The number of halogens is 3. The molecule has 136 valence electrons. The molecule has 1 aromatic carbocycles. The molecule has 1 fully saturated rings. The van der Waals surface area contributed by atoms with Gasteiger partial charge in [-0.25, -0.2) is 0 Å². The Morgan fingerprint density at radius 1 is 0.917 bits per heavy atom. The average Bonchev–Trinajstić information content (AvgIpc) is 2.55. The average molecular weight is 342 g/mol. The fraction of sp³-hybridized carbons (Fsp3) is 0.700. The molecular formula is C20H29F3O. The van der Waals surface area contributed by atoms with Crippen molar-refractivity contribution >= 4 is 0 Å². The van der Waals surface area contributed by atoms with Crippen molar-refractivity contribution < 1.29 is 17.9 Å². The first kappa shape index (κ1) is 19.1. The lowest BCUT2D eigenvalue weighted by atomic mass is 9.77. The van der Waals surface area contributed by atoms with E-state index in [0.717, 1.165) is 24.3 Å². The van der Waals surface area contributed by atoms with E-state index in [4.69, 9.17) is 0 Å². The summed E-state index contributed by atoms with van der Waals surface area (Å²) in [6, 6.07) is 6.44. The lowest BCUT2D eigenvalue weighted by Crippen LogP contribution is -2.17. The van der Waals surface area contributed by atoms with Gasteiger partial charge in [0.1, 0.15) is 5.75 Å². The van der Waals surface area contributed by atoms with E-state index in [9.17, 15) is 13.2 Å². The van der Waals surface area contributed by atoms with Crippen LogP contribution in [0.5, 0.6) is 5.75 Å². The second-order valence-corrected chi connectivity index (χ2v) is 7.04. The summed E-state index contributed by atoms with van der Waals surface area (Å²) in [7, 11) is 0. The van der Waals surface area contributed by atoms with E-state index in [0.29, 0.717) is 5.92 Å². The van der Waals surface area contributed by atoms with Gasteiger partial charge in [0.2, 0.25) is 0 Å². The molecule has 1 nitrogen and oxygen atoms in total. The number of hydrogen-bond donors (Lipinski definition) is 0. The third-order valence-corrected chi connectivity index (χ3v) is 5.15. The summed E-state index contributed by atoms with van der Waals surface area (Å²) in [5.41, 5.74) is 1.14. The molecule has 0 N–H and O–H groups in total. The summed E-state index contributed by atoms with van der Waals surface area (Å²) in [5.74, 6) is 1.20. The highest BCUT2D eigenvalue weighted by molar-refractivity contribution is 5.29. The number of alkyl halides is 3. The third-order valence-electron chi connectivity index (χ3n) is 5.15. The Balaban J connectivity index is 1.72. The normalized spacial score (nSPS) is 21.7. The fourth-order valence-corrected chi connectivity index (χ4v) is 3.76. The van der Waals surface area contributed by atoms with Crippen molar-refractivity contribution in [2.75, 3.05) is 0 Å². The second-order valence-electron chi connectivity index (χ2n) is 7.04. The third kappa shape index (κ3) is 6.74. The molecule has 0 aromatic heterocycles. The summed E-state index contributed by atoms with van der Waals surface area (Å²) < 4.78 is 40.5. The number of ether oxygens (including phenoxy) is 1. The monoisotopic (exact) mass is 342 g/mol. The summed E-state index contributed by atoms with van der Waals surface area (Å²) in [6.45, 7) is 2.24. The Kier molecular flexibility index (Phi) is 7.44. The predicted octanol–water partition coefficient (Wildman–Crippen LogP) is 7.22. The van der Waals surface area contributed by atoms with E-state index in [-0.39, 0.29) is 5.75 Å². The van der Waals surface area contributed by atoms with E-state index >= 15 is 0 Å². The zero-order valence-electron chi connectivity index (χ0n) is 14.6. The lowest BCUT2D eigenvalue weighted by molar-refractivity contribution is -0.274. The van der Waals surface area contributed by atoms with Crippen molar-refractivity contribution in [2.45, 2.75) is 83.4 Å². The minimum absolute atomic E-state index is 0.132. The van der Waals surface area contributed by atoms with E-state index in [1.807, 2.05) is 0 Å². The molecule has 0 heterocycles. The Morgan fingerprint density at radius 3 is 2.12 bits per heavy atom. The van der Waals surface area contributed by atoms with Gasteiger partial charge in [-0.3, -0.25) is 0 Å². The predicted molar refractivity (Wildman–Crippen MR) is 91.2 cm³/mol. The quantitative estimate of drug-likeness (QED) is 0.453. The molecule has 1 aromatic rings. The first-order chi connectivity index (χ1) is 11.5. The van der Waals surface area contributed by atoms with Crippen molar-refractivity contribution in [2.24, 2.45) is 5.92 Å². The molecule has 24 heavy (non-hydrogen) atoms. The van der Waals surface area contributed by atoms with Crippen LogP contribution in [0.15, 0.2) is 24.3 Å². The number of benzene rings is 1. The minimum atomic E-state index is -4.61. The van der Waals surface area contributed by atoms with Crippen LogP contribution < -0.4 is 4.74 Å².